The second-order valence-corrected chi connectivity index (χ2v) is 10.4. The van der Waals surface area contributed by atoms with E-state index in [4.69, 9.17) is 7.80 Å². The number of nitrogens with one attached hydrogen (secondary N) is 4. The molecule has 1 unspecified atom stereocenters. The van der Waals surface area contributed by atoms with E-state index < -0.39 is 27.4 Å². The van der Waals surface area contributed by atoms with Gasteiger partial charge in [-0.25, -0.2) is 0 Å². The molecule has 2 aromatic heterocycles. The molecule has 2 aliphatic heterocycles. The van der Waals surface area contributed by atoms with Crippen LogP contribution in [0.25, 0.3) is 11.3 Å². The van der Waals surface area contributed by atoms with Gasteiger partial charge < -0.3 is 0 Å². The zero-order valence-corrected chi connectivity index (χ0v) is 20.6. The van der Waals surface area contributed by atoms with Crippen LogP contribution in [0, 0.1) is 5.82 Å². The van der Waals surface area contributed by atoms with E-state index in [9.17, 15) is 9.18 Å². The number of para-hydroxylation sites is 1. The molecule has 0 saturated carbocycles. The third kappa shape index (κ3) is 4.34. The van der Waals surface area contributed by atoms with Gasteiger partial charge in [-0.3, -0.25) is 0 Å². The van der Waals surface area contributed by atoms with Crippen LogP contribution in [0.3, 0.4) is 0 Å². The van der Waals surface area contributed by atoms with Gasteiger partial charge >= 0.3 is 208 Å². The number of carbonyl (C=O) groups excluding carboxylic acids is 1. The van der Waals surface area contributed by atoms with Gasteiger partial charge in [-0.15, -0.1) is 0 Å². The second-order valence-electron chi connectivity index (χ2n) is 7.76. The van der Waals surface area contributed by atoms with Gasteiger partial charge in [0.2, 0.25) is 0 Å². The average molecular weight is 576 g/mol. The Morgan fingerprint density at radius 1 is 1.26 bits per heavy atom. The van der Waals surface area contributed by atoms with Crippen LogP contribution in [0.2, 0.25) is 0 Å². The summed E-state index contributed by atoms with van der Waals surface area (Å²) in [6.07, 6.45) is 8.45. The van der Waals surface area contributed by atoms with Gasteiger partial charge in [-0.05, 0) is 0 Å². The van der Waals surface area contributed by atoms with Gasteiger partial charge in [0.1, 0.15) is 0 Å². The van der Waals surface area contributed by atoms with E-state index >= 15 is 0 Å². The van der Waals surface area contributed by atoms with E-state index in [2.05, 4.69) is 32.0 Å². The number of alkyl halides is 1. The van der Waals surface area contributed by atoms with E-state index in [0.29, 0.717) is 36.6 Å². The van der Waals surface area contributed by atoms with E-state index in [1.807, 2.05) is 12.1 Å². The number of aromatic amines is 1. The molecule has 8 nitrogen and oxygen atoms in total. The number of halogens is 2. The Morgan fingerprint density at radius 2 is 2.18 bits per heavy atom. The van der Waals surface area contributed by atoms with Crippen molar-refractivity contribution in [2.24, 2.45) is 0 Å². The SMILES string of the molecule is COc1c(F)cccc1Nc1c2[nH]c3c1C(=O)NCC3[I-]OC/C=C\CCNc1cnccc1-2. The summed E-state index contributed by atoms with van der Waals surface area (Å²) in [5, 5.41) is 9.73. The van der Waals surface area contributed by atoms with Crippen molar-refractivity contribution in [3.05, 3.63) is 65.9 Å². The summed E-state index contributed by atoms with van der Waals surface area (Å²) in [7, 11) is 1.42. The number of anilines is 3. The zero-order chi connectivity index (χ0) is 23.5. The number of H-pyrrole nitrogens is 1. The summed E-state index contributed by atoms with van der Waals surface area (Å²) in [5.41, 5.74) is 4.74. The fourth-order valence-electron chi connectivity index (χ4n) is 4.09. The molecule has 10 heteroatoms. The van der Waals surface area contributed by atoms with Gasteiger partial charge in [-0.1, -0.05) is 0 Å². The van der Waals surface area contributed by atoms with Gasteiger partial charge in [0, 0.05) is 0 Å². The molecule has 0 aliphatic carbocycles. The van der Waals surface area contributed by atoms with Crippen LogP contribution in [0.4, 0.5) is 21.5 Å². The number of rotatable bonds is 3. The molecule has 1 aromatic carbocycles. The van der Waals surface area contributed by atoms with Crippen molar-refractivity contribution < 1.29 is 38.6 Å². The average Bonchev–Trinajstić information content (AvgIpc) is 3.22. The molecule has 34 heavy (non-hydrogen) atoms. The molecule has 0 radical (unpaired) electrons. The fraction of sp³-hybridized carbons (Fsp3) is 0.250. The summed E-state index contributed by atoms with van der Waals surface area (Å²) in [6.45, 7) is 1.77. The van der Waals surface area contributed by atoms with Crippen LogP contribution in [0.1, 0.15) is 26.4 Å². The molecule has 0 spiro atoms. The molecule has 1 amide bonds. The van der Waals surface area contributed by atoms with E-state index in [-0.39, 0.29) is 15.6 Å². The summed E-state index contributed by atoms with van der Waals surface area (Å²) in [5.74, 6) is -0.599. The first-order valence-corrected chi connectivity index (χ1v) is 13.0. The molecule has 0 fully saturated rings. The standard InChI is InChI=1S/C24H24FIN5O3/c1-33-23-15(25)6-5-7-17(23)30-22-19-21-16(12-29-24(19)32)26-34-11-4-2-3-9-28-18-13-27-10-8-14(18)20(22)31-21/h2,4-8,10,13,16,28,30-31H,3,9,11-12H2,1H3,(H,29,32)/q-1/b4-2-. The summed E-state index contributed by atoms with van der Waals surface area (Å²) in [4.78, 5) is 20.9. The van der Waals surface area contributed by atoms with Crippen LogP contribution in [-0.2, 0) is 3.07 Å². The predicted molar refractivity (Wildman–Crippen MR) is 124 cm³/mol. The third-order valence-corrected chi connectivity index (χ3v) is 8.05. The molecule has 3 aromatic rings. The number of hydrogen-bond acceptors (Lipinski definition) is 6. The number of benzene rings is 1. The van der Waals surface area contributed by atoms with Crippen molar-refractivity contribution in [2.75, 3.05) is 37.4 Å². The quantitative estimate of drug-likeness (QED) is 0.212. The topological polar surface area (TPSA) is 100 Å². The van der Waals surface area contributed by atoms with Crippen LogP contribution in [0.15, 0.2) is 48.8 Å². The number of aromatic nitrogens is 2. The molecule has 1 atom stereocenters. The van der Waals surface area contributed by atoms with Crippen molar-refractivity contribution in [2.45, 2.75) is 10.3 Å². The first kappa shape index (κ1) is 22.7. The zero-order valence-electron chi connectivity index (χ0n) is 18.5. The summed E-state index contributed by atoms with van der Waals surface area (Å²) < 4.78 is 25.8. The number of fused-ring (bicyclic) bond motifs is 3. The Balaban J connectivity index is 1.70. The number of methoxy groups -OCH3 is 1. The normalized spacial score (nSPS) is 18.9. The van der Waals surface area contributed by atoms with Gasteiger partial charge in [-0.2, -0.15) is 0 Å². The van der Waals surface area contributed by atoms with E-state index in [1.54, 1.807) is 24.5 Å². The molecule has 4 N–H and O–H groups in total. The summed E-state index contributed by atoms with van der Waals surface area (Å²) >= 11 is -0.695. The number of hydrogen-bond donors (Lipinski definition) is 4. The van der Waals surface area contributed by atoms with Crippen LogP contribution < -0.4 is 42.3 Å². The Hall–Kier alpha value is -3.12. The molecule has 2 aliphatic rings. The Bertz CT molecular complexity index is 1250. The Kier molecular flexibility index (Phi) is 6.68. The first-order chi connectivity index (χ1) is 16.7. The van der Waals surface area contributed by atoms with Crippen molar-refractivity contribution in [3.63, 3.8) is 0 Å². The van der Waals surface area contributed by atoms with Crippen molar-refractivity contribution in [1.29, 1.82) is 0 Å². The minimum absolute atomic E-state index is 0.0461. The molecular weight excluding hydrogens is 552 g/mol. The summed E-state index contributed by atoms with van der Waals surface area (Å²) in [6, 6.07) is 6.55. The van der Waals surface area contributed by atoms with Crippen molar-refractivity contribution in [1.82, 2.24) is 15.3 Å². The number of carbonyl (C=O) groups is 1. The molecule has 2 bridgehead atoms. The Morgan fingerprint density at radius 3 is 3.06 bits per heavy atom. The second kappa shape index (κ2) is 10.0. The van der Waals surface area contributed by atoms with E-state index in [0.717, 1.165) is 29.1 Å². The Labute approximate surface area is 207 Å². The molecule has 5 rings (SSSR count). The molecule has 4 heterocycles. The van der Waals surface area contributed by atoms with Crippen LogP contribution in [0.5, 0.6) is 5.75 Å². The maximum atomic E-state index is 14.4. The third-order valence-electron chi connectivity index (χ3n) is 5.66. The monoisotopic (exact) mass is 576 g/mol. The fourth-order valence-corrected chi connectivity index (χ4v) is 6.06. The molecule has 178 valence electrons. The molecular formula is C24H24FIN5O3-. The van der Waals surface area contributed by atoms with Crippen LogP contribution in [-0.4, -0.2) is 42.7 Å². The van der Waals surface area contributed by atoms with Gasteiger partial charge in [0.25, 0.3) is 0 Å². The first-order valence-electron chi connectivity index (χ1n) is 10.9. The number of ether oxygens (including phenoxy) is 1. The molecule has 0 saturated heterocycles. The predicted octanol–water partition coefficient (Wildman–Crippen LogP) is 1.14. The minimum atomic E-state index is -0.695. The van der Waals surface area contributed by atoms with Crippen molar-refractivity contribution in [3.8, 4) is 17.0 Å². The number of amides is 1. The van der Waals surface area contributed by atoms with Gasteiger partial charge in [0.05, 0.1) is 0 Å². The van der Waals surface area contributed by atoms with Gasteiger partial charge in [0.15, 0.2) is 0 Å². The van der Waals surface area contributed by atoms with Crippen LogP contribution >= 0.6 is 0 Å². The maximum absolute atomic E-state index is 14.4. The number of nitrogens with zero attached hydrogens (tertiary/aromatic N) is 1. The number of pyridine rings is 1. The van der Waals surface area contributed by atoms with E-state index in [1.165, 1.54) is 13.2 Å². The van der Waals surface area contributed by atoms with Crippen molar-refractivity contribution >= 4 is 23.0 Å².